The summed E-state index contributed by atoms with van der Waals surface area (Å²) in [4.78, 5) is 8.21. The number of hydrogen-bond acceptors (Lipinski definition) is 3. The van der Waals surface area contributed by atoms with Gasteiger partial charge in [-0.3, -0.25) is 0 Å². The molecule has 160 valence electrons. The third-order valence-electron chi connectivity index (χ3n) is 4.01. The van der Waals surface area contributed by atoms with Crippen LogP contribution in [-0.2, 0) is 19.6 Å². The van der Waals surface area contributed by atoms with Gasteiger partial charge in [0.15, 0.2) is 5.96 Å². The normalized spacial score (nSPS) is 11.6. The predicted octanol–water partition coefficient (Wildman–Crippen LogP) is 4.05. The van der Waals surface area contributed by atoms with Crippen molar-refractivity contribution in [2.24, 2.45) is 10.7 Å². The van der Waals surface area contributed by atoms with Gasteiger partial charge in [0.25, 0.3) is 0 Å². The minimum atomic E-state index is -4.70. The zero-order valence-electron chi connectivity index (χ0n) is 15.8. The van der Waals surface area contributed by atoms with Crippen LogP contribution in [0.2, 0.25) is 0 Å². The van der Waals surface area contributed by atoms with Crippen LogP contribution in [0.1, 0.15) is 16.7 Å². The molecule has 0 amide bonds. The number of nitrogens with two attached hydrogens (primary N) is 1. The SMILES string of the molecule is I.NC(=NCc1ccc(OC(F)(F)F)cc1)NCc1ccc(Cn2ccnc2)cc1. The first-order valence-electron chi connectivity index (χ1n) is 8.79. The number of aromatic nitrogens is 2. The molecule has 0 saturated heterocycles. The van der Waals surface area contributed by atoms with E-state index in [9.17, 15) is 13.2 Å². The molecular formula is C20H21F3IN5O. The third-order valence-corrected chi connectivity index (χ3v) is 4.01. The Morgan fingerprint density at radius 3 is 2.27 bits per heavy atom. The van der Waals surface area contributed by atoms with Gasteiger partial charge >= 0.3 is 6.36 Å². The molecule has 0 spiro atoms. The number of guanidine groups is 1. The van der Waals surface area contributed by atoms with Crippen LogP contribution in [0.25, 0.3) is 0 Å². The van der Waals surface area contributed by atoms with Gasteiger partial charge in [0.2, 0.25) is 0 Å². The number of benzene rings is 2. The first-order valence-corrected chi connectivity index (χ1v) is 8.79. The van der Waals surface area contributed by atoms with Crippen molar-refractivity contribution in [1.29, 1.82) is 0 Å². The van der Waals surface area contributed by atoms with E-state index in [0.717, 1.165) is 17.7 Å². The van der Waals surface area contributed by atoms with E-state index in [-0.39, 0.29) is 42.2 Å². The van der Waals surface area contributed by atoms with Crippen LogP contribution in [0.5, 0.6) is 5.75 Å². The van der Waals surface area contributed by atoms with Crippen molar-refractivity contribution in [3.63, 3.8) is 0 Å². The molecule has 3 aromatic rings. The molecule has 1 heterocycles. The highest BCUT2D eigenvalue weighted by Gasteiger charge is 2.30. The van der Waals surface area contributed by atoms with Crippen molar-refractivity contribution in [3.8, 4) is 5.75 Å². The highest BCUT2D eigenvalue weighted by Crippen LogP contribution is 2.22. The molecule has 0 bridgehead atoms. The quantitative estimate of drug-likeness (QED) is 0.274. The highest BCUT2D eigenvalue weighted by molar-refractivity contribution is 14.0. The number of rotatable bonds is 7. The smallest absolute Gasteiger partial charge is 0.406 e. The Hall–Kier alpha value is -2.76. The summed E-state index contributed by atoms with van der Waals surface area (Å²) in [5.74, 6) is -0.0177. The predicted molar refractivity (Wildman–Crippen MR) is 118 cm³/mol. The lowest BCUT2D eigenvalue weighted by Crippen LogP contribution is -2.31. The summed E-state index contributed by atoms with van der Waals surface area (Å²) in [5, 5.41) is 3.02. The second kappa shape index (κ2) is 10.9. The number of halogens is 4. The first kappa shape index (κ1) is 23.5. The Morgan fingerprint density at radius 1 is 1.03 bits per heavy atom. The molecule has 0 aliphatic carbocycles. The minimum absolute atomic E-state index is 0. The zero-order valence-corrected chi connectivity index (χ0v) is 18.2. The lowest BCUT2D eigenvalue weighted by molar-refractivity contribution is -0.274. The topological polar surface area (TPSA) is 77.5 Å². The lowest BCUT2D eigenvalue weighted by atomic mass is 10.1. The van der Waals surface area contributed by atoms with Crippen LogP contribution in [0.4, 0.5) is 13.2 Å². The van der Waals surface area contributed by atoms with E-state index in [1.54, 1.807) is 12.5 Å². The molecule has 0 atom stereocenters. The first-order chi connectivity index (χ1) is 13.9. The van der Waals surface area contributed by atoms with Crippen molar-refractivity contribution in [2.45, 2.75) is 26.0 Å². The maximum atomic E-state index is 12.2. The molecule has 6 nitrogen and oxygen atoms in total. The Bertz CT molecular complexity index is 927. The molecule has 3 N–H and O–H groups in total. The van der Waals surface area contributed by atoms with Crippen LogP contribution in [-0.4, -0.2) is 21.9 Å². The standard InChI is InChI=1S/C20H20F3N5O.HI/c21-20(22,23)29-18-7-5-16(6-8-18)12-27-19(24)26-11-15-1-3-17(4-2-15)13-28-10-9-25-14-28;/h1-10,14H,11-13H2,(H3,24,26,27);1H. The highest BCUT2D eigenvalue weighted by atomic mass is 127. The summed E-state index contributed by atoms with van der Waals surface area (Å²) in [5.41, 5.74) is 8.78. The Kier molecular flexibility index (Phi) is 8.51. The molecule has 2 aromatic carbocycles. The van der Waals surface area contributed by atoms with Gasteiger partial charge in [0, 0.05) is 25.5 Å². The molecule has 10 heteroatoms. The maximum absolute atomic E-state index is 12.2. The Labute approximate surface area is 189 Å². The number of alkyl halides is 3. The molecule has 0 saturated carbocycles. The average Bonchev–Trinajstić information content (AvgIpc) is 3.19. The molecule has 1 aromatic heterocycles. The Morgan fingerprint density at radius 2 is 1.67 bits per heavy atom. The van der Waals surface area contributed by atoms with Crippen LogP contribution in [0, 0.1) is 0 Å². The van der Waals surface area contributed by atoms with Gasteiger partial charge in [-0.25, -0.2) is 9.98 Å². The maximum Gasteiger partial charge on any atom is 0.573 e. The van der Waals surface area contributed by atoms with Crippen molar-refractivity contribution in [3.05, 3.63) is 83.9 Å². The number of ether oxygens (including phenoxy) is 1. The van der Waals surface area contributed by atoms with Gasteiger partial charge in [-0.2, -0.15) is 0 Å². The lowest BCUT2D eigenvalue weighted by Gasteiger charge is -2.09. The van der Waals surface area contributed by atoms with Crippen LogP contribution < -0.4 is 15.8 Å². The Balaban J connectivity index is 0.00000320. The van der Waals surface area contributed by atoms with Crippen LogP contribution in [0.15, 0.2) is 72.2 Å². The molecule has 0 fully saturated rings. The molecule has 0 unspecified atom stereocenters. The van der Waals surface area contributed by atoms with Gasteiger partial charge in [-0.15, -0.1) is 37.1 Å². The summed E-state index contributed by atoms with van der Waals surface area (Å²) >= 11 is 0. The van der Waals surface area contributed by atoms with E-state index in [4.69, 9.17) is 5.73 Å². The zero-order chi connectivity index (χ0) is 20.7. The molecule has 0 aliphatic heterocycles. The van der Waals surface area contributed by atoms with Gasteiger partial charge < -0.3 is 20.4 Å². The van der Waals surface area contributed by atoms with E-state index in [2.05, 4.69) is 20.0 Å². The minimum Gasteiger partial charge on any atom is -0.406 e. The van der Waals surface area contributed by atoms with Crippen molar-refractivity contribution in [2.75, 3.05) is 0 Å². The average molecular weight is 531 g/mol. The number of aliphatic imine (C=N–C) groups is 1. The van der Waals surface area contributed by atoms with Crippen molar-refractivity contribution in [1.82, 2.24) is 14.9 Å². The fraction of sp³-hybridized carbons (Fsp3) is 0.200. The monoisotopic (exact) mass is 531 g/mol. The van der Waals surface area contributed by atoms with E-state index in [1.807, 2.05) is 35.0 Å². The number of nitrogens with zero attached hydrogens (tertiary/aromatic N) is 3. The number of imidazole rings is 1. The summed E-state index contributed by atoms with van der Waals surface area (Å²) in [6.07, 6.45) is 0.712. The molecule has 0 aliphatic rings. The van der Waals surface area contributed by atoms with E-state index >= 15 is 0 Å². The van der Waals surface area contributed by atoms with E-state index in [0.29, 0.717) is 12.1 Å². The van der Waals surface area contributed by atoms with Gasteiger partial charge in [0.1, 0.15) is 5.75 Å². The number of hydrogen-bond donors (Lipinski definition) is 2. The second-order valence-electron chi connectivity index (χ2n) is 6.30. The van der Waals surface area contributed by atoms with Crippen LogP contribution >= 0.6 is 24.0 Å². The van der Waals surface area contributed by atoms with Gasteiger partial charge in [-0.1, -0.05) is 36.4 Å². The summed E-state index contributed by atoms with van der Waals surface area (Å²) in [7, 11) is 0. The molecular weight excluding hydrogens is 510 g/mol. The molecule has 3 rings (SSSR count). The van der Waals surface area contributed by atoms with Crippen LogP contribution in [0.3, 0.4) is 0 Å². The fourth-order valence-electron chi connectivity index (χ4n) is 2.58. The summed E-state index contributed by atoms with van der Waals surface area (Å²) < 4.78 is 42.3. The van der Waals surface area contributed by atoms with Gasteiger partial charge in [0.05, 0.1) is 12.9 Å². The third kappa shape index (κ3) is 7.93. The summed E-state index contributed by atoms with van der Waals surface area (Å²) in [6, 6.07) is 13.6. The van der Waals surface area contributed by atoms with Crippen molar-refractivity contribution >= 4 is 29.9 Å². The number of nitrogens with one attached hydrogen (secondary N) is 1. The largest absolute Gasteiger partial charge is 0.573 e. The van der Waals surface area contributed by atoms with Gasteiger partial charge in [-0.05, 0) is 28.8 Å². The molecule has 30 heavy (non-hydrogen) atoms. The van der Waals surface area contributed by atoms with Crippen molar-refractivity contribution < 1.29 is 17.9 Å². The van der Waals surface area contributed by atoms with E-state index < -0.39 is 6.36 Å². The fourth-order valence-corrected chi connectivity index (χ4v) is 2.58. The molecule has 0 radical (unpaired) electrons. The second-order valence-corrected chi connectivity index (χ2v) is 6.30. The summed E-state index contributed by atoms with van der Waals surface area (Å²) in [6.45, 7) is 1.51. The van der Waals surface area contributed by atoms with E-state index in [1.165, 1.54) is 24.3 Å².